The first-order chi connectivity index (χ1) is 18.3. The van der Waals surface area contributed by atoms with Gasteiger partial charge in [0.1, 0.15) is 11.4 Å². The standard InChI is InChI=1S/C26H31F3N4O5S/c1-17-14-21(30-15-22(35)16-34)7-4-18(17)8-13-39(37,38)33-11-9-25(10-12-33)24(36)31-23(32-25)19-2-5-20(6-3-19)26(27,28)29/h2-7,14,22,30,34-35H,8-13,15-16H2,1H3,(H,31,32,36). The lowest BCUT2D eigenvalue weighted by Gasteiger charge is -2.34. The summed E-state index contributed by atoms with van der Waals surface area (Å²) < 4.78 is 66.1. The molecule has 0 saturated carbocycles. The number of amidine groups is 1. The van der Waals surface area contributed by atoms with Gasteiger partial charge in [0, 0.05) is 30.9 Å². The Kier molecular flexibility index (Phi) is 8.36. The molecule has 1 fully saturated rings. The number of benzene rings is 2. The number of carbonyl (C=O) groups excluding carboxylic acids is 1. The van der Waals surface area contributed by atoms with Gasteiger partial charge in [-0.3, -0.25) is 9.79 Å². The fraction of sp³-hybridized carbons (Fsp3) is 0.462. The quantitative estimate of drug-likeness (QED) is 0.366. The zero-order chi connectivity index (χ0) is 28.4. The van der Waals surface area contributed by atoms with Crippen LogP contribution in [0.3, 0.4) is 0 Å². The number of piperidine rings is 1. The number of nitrogens with zero attached hydrogens (tertiary/aromatic N) is 2. The minimum Gasteiger partial charge on any atom is -0.394 e. The molecule has 1 spiro atoms. The van der Waals surface area contributed by atoms with Crippen LogP contribution >= 0.6 is 0 Å². The zero-order valence-corrected chi connectivity index (χ0v) is 22.1. The number of halogens is 3. The molecule has 4 rings (SSSR count). The molecule has 4 N–H and O–H groups in total. The summed E-state index contributed by atoms with van der Waals surface area (Å²) in [6.45, 7) is 1.92. The summed E-state index contributed by atoms with van der Waals surface area (Å²) in [5, 5.41) is 24.1. The van der Waals surface area contributed by atoms with Crippen LogP contribution in [0, 0.1) is 6.92 Å². The van der Waals surface area contributed by atoms with Crippen LogP contribution in [0.2, 0.25) is 0 Å². The number of amides is 1. The van der Waals surface area contributed by atoms with E-state index in [9.17, 15) is 31.5 Å². The van der Waals surface area contributed by atoms with Crippen LogP contribution in [-0.2, 0) is 27.4 Å². The average molecular weight is 569 g/mol. The first-order valence-electron chi connectivity index (χ1n) is 12.5. The van der Waals surface area contributed by atoms with Crippen molar-refractivity contribution in [2.45, 2.75) is 44.0 Å². The number of aliphatic hydroxyl groups is 2. The van der Waals surface area contributed by atoms with Gasteiger partial charge in [-0.1, -0.05) is 18.2 Å². The number of hydrogen-bond donors (Lipinski definition) is 4. The molecule has 1 amide bonds. The van der Waals surface area contributed by atoms with Gasteiger partial charge in [0.25, 0.3) is 5.91 Å². The highest BCUT2D eigenvalue weighted by Crippen LogP contribution is 2.33. The third kappa shape index (κ3) is 6.60. The molecule has 1 unspecified atom stereocenters. The van der Waals surface area contributed by atoms with Crippen LogP contribution in [0.4, 0.5) is 18.9 Å². The number of alkyl halides is 3. The third-order valence-electron chi connectivity index (χ3n) is 7.13. The maximum absolute atomic E-state index is 13.1. The monoisotopic (exact) mass is 568 g/mol. The minimum absolute atomic E-state index is 0.106. The molecule has 212 valence electrons. The Morgan fingerprint density at radius 2 is 1.82 bits per heavy atom. The Morgan fingerprint density at radius 3 is 2.41 bits per heavy atom. The lowest BCUT2D eigenvalue weighted by Crippen LogP contribution is -2.50. The van der Waals surface area contributed by atoms with Crippen molar-refractivity contribution in [3.05, 3.63) is 64.7 Å². The van der Waals surface area contributed by atoms with Gasteiger partial charge in [0.05, 0.1) is 24.0 Å². The highest BCUT2D eigenvalue weighted by molar-refractivity contribution is 7.89. The SMILES string of the molecule is Cc1cc(NCC(O)CO)ccc1CCS(=O)(=O)N1CCC2(CC1)N=C(c1ccc(C(F)(F)F)cc1)NC2=O. The van der Waals surface area contributed by atoms with Crippen molar-refractivity contribution < 1.29 is 36.6 Å². The van der Waals surface area contributed by atoms with E-state index < -0.39 is 33.4 Å². The Bertz CT molecular complexity index is 1340. The molecule has 2 aromatic carbocycles. The second-order valence-electron chi connectivity index (χ2n) is 9.84. The van der Waals surface area contributed by atoms with E-state index in [4.69, 9.17) is 5.11 Å². The van der Waals surface area contributed by atoms with Gasteiger partial charge in [-0.15, -0.1) is 0 Å². The molecular weight excluding hydrogens is 537 g/mol. The van der Waals surface area contributed by atoms with Crippen molar-refractivity contribution in [1.82, 2.24) is 9.62 Å². The Hall–Kier alpha value is -3.00. The highest BCUT2D eigenvalue weighted by Gasteiger charge is 2.47. The number of aryl methyl sites for hydroxylation is 2. The molecule has 13 heteroatoms. The van der Waals surface area contributed by atoms with E-state index in [-0.39, 0.29) is 56.6 Å². The van der Waals surface area contributed by atoms with E-state index in [1.54, 1.807) is 6.07 Å². The highest BCUT2D eigenvalue weighted by atomic mass is 32.2. The third-order valence-corrected chi connectivity index (χ3v) is 9.01. The van der Waals surface area contributed by atoms with Crippen molar-refractivity contribution in [3.8, 4) is 0 Å². The van der Waals surface area contributed by atoms with Crippen molar-refractivity contribution in [1.29, 1.82) is 0 Å². The maximum atomic E-state index is 13.1. The number of carbonyl (C=O) groups is 1. The van der Waals surface area contributed by atoms with Crippen LogP contribution in [0.25, 0.3) is 0 Å². The van der Waals surface area contributed by atoms with E-state index in [1.807, 2.05) is 19.1 Å². The summed E-state index contributed by atoms with van der Waals surface area (Å²) in [6.07, 6.45) is -4.71. The van der Waals surface area contributed by atoms with Gasteiger partial charge in [-0.2, -0.15) is 13.2 Å². The van der Waals surface area contributed by atoms with Crippen LogP contribution < -0.4 is 10.6 Å². The average Bonchev–Trinajstić information content (AvgIpc) is 3.21. The number of anilines is 1. The van der Waals surface area contributed by atoms with E-state index in [2.05, 4.69) is 15.6 Å². The second-order valence-corrected chi connectivity index (χ2v) is 11.9. The fourth-order valence-electron chi connectivity index (χ4n) is 4.70. The topological polar surface area (TPSA) is 131 Å². The summed E-state index contributed by atoms with van der Waals surface area (Å²) in [5.41, 5.74) is 0.904. The van der Waals surface area contributed by atoms with E-state index >= 15 is 0 Å². The van der Waals surface area contributed by atoms with Crippen LogP contribution in [0.1, 0.15) is 35.1 Å². The molecule has 39 heavy (non-hydrogen) atoms. The summed E-state index contributed by atoms with van der Waals surface area (Å²) in [6, 6.07) is 9.82. The van der Waals surface area contributed by atoms with Crippen LogP contribution in [0.15, 0.2) is 47.5 Å². The van der Waals surface area contributed by atoms with Gasteiger partial charge in [0.2, 0.25) is 10.0 Å². The number of aliphatic imine (C=N–C) groups is 1. The summed E-state index contributed by atoms with van der Waals surface area (Å²) in [4.78, 5) is 17.3. The van der Waals surface area contributed by atoms with Crippen molar-refractivity contribution in [2.75, 3.05) is 37.3 Å². The van der Waals surface area contributed by atoms with Crippen molar-refractivity contribution >= 4 is 27.5 Å². The first kappa shape index (κ1) is 29.0. The Labute approximate surface area is 224 Å². The summed E-state index contributed by atoms with van der Waals surface area (Å²) in [5.74, 6) is -0.307. The smallest absolute Gasteiger partial charge is 0.394 e. The van der Waals surface area contributed by atoms with E-state index in [1.165, 1.54) is 16.4 Å². The number of aliphatic hydroxyl groups excluding tert-OH is 2. The largest absolute Gasteiger partial charge is 0.416 e. The molecule has 2 aliphatic rings. The molecule has 9 nitrogen and oxygen atoms in total. The number of nitrogens with one attached hydrogen (secondary N) is 2. The molecule has 0 aromatic heterocycles. The van der Waals surface area contributed by atoms with Gasteiger partial charge >= 0.3 is 6.18 Å². The van der Waals surface area contributed by atoms with Crippen molar-refractivity contribution in [3.63, 3.8) is 0 Å². The van der Waals surface area contributed by atoms with Gasteiger partial charge in [0.15, 0.2) is 0 Å². The predicted octanol–water partition coefficient (Wildman–Crippen LogP) is 2.06. The lowest BCUT2D eigenvalue weighted by molar-refractivity contribution is -0.137. The predicted molar refractivity (Wildman–Crippen MR) is 140 cm³/mol. The molecule has 0 radical (unpaired) electrons. The normalized spacial score (nSPS) is 18.6. The summed E-state index contributed by atoms with van der Waals surface area (Å²) >= 11 is 0. The van der Waals surface area contributed by atoms with Gasteiger partial charge in [-0.05, 0) is 61.6 Å². The first-order valence-corrected chi connectivity index (χ1v) is 14.1. The molecule has 1 atom stereocenters. The molecule has 1 saturated heterocycles. The Balaban J connectivity index is 1.36. The fourth-order valence-corrected chi connectivity index (χ4v) is 6.17. The Morgan fingerprint density at radius 1 is 1.15 bits per heavy atom. The number of hydrogen-bond acceptors (Lipinski definition) is 7. The van der Waals surface area contributed by atoms with Gasteiger partial charge in [-0.25, -0.2) is 12.7 Å². The van der Waals surface area contributed by atoms with Crippen molar-refractivity contribution in [2.24, 2.45) is 4.99 Å². The van der Waals surface area contributed by atoms with E-state index in [0.717, 1.165) is 28.9 Å². The number of sulfonamides is 1. The molecule has 2 aromatic rings. The second kappa shape index (κ2) is 11.2. The van der Waals surface area contributed by atoms with E-state index in [0.29, 0.717) is 12.0 Å². The number of rotatable bonds is 9. The zero-order valence-electron chi connectivity index (χ0n) is 21.3. The summed E-state index contributed by atoms with van der Waals surface area (Å²) in [7, 11) is -3.61. The minimum atomic E-state index is -4.47. The molecule has 2 aliphatic heterocycles. The molecule has 0 aliphatic carbocycles. The van der Waals surface area contributed by atoms with Crippen LogP contribution in [-0.4, -0.2) is 78.3 Å². The molecular formula is C26H31F3N4O5S. The molecule has 2 heterocycles. The lowest BCUT2D eigenvalue weighted by atomic mass is 9.89. The van der Waals surface area contributed by atoms with Crippen LogP contribution in [0.5, 0.6) is 0 Å². The molecule has 0 bridgehead atoms. The maximum Gasteiger partial charge on any atom is 0.416 e. The van der Waals surface area contributed by atoms with Gasteiger partial charge < -0.3 is 20.8 Å².